The zero-order chi connectivity index (χ0) is 20.3. The molecule has 0 aromatic heterocycles. The lowest BCUT2D eigenvalue weighted by Crippen LogP contribution is -2.58. The highest BCUT2D eigenvalue weighted by molar-refractivity contribution is 7.88. The molecule has 10 heteroatoms. The van der Waals surface area contributed by atoms with Crippen molar-refractivity contribution in [2.75, 3.05) is 57.5 Å². The molecule has 2 aliphatic rings. The minimum Gasteiger partial charge on any atom is -0.497 e. The first-order valence-electron chi connectivity index (χ1n) is 9.21. The molecule has 2 amide bonds. The number of rotatable bonds is 5. The normalized spacial score (nSPS) is 21.4. The Bertz CT molecular complexity index is 819. The SMILES string of the molecule is COc1ccc(N2CCN(C(=O)CC3C(=O)NCCN3S(C)(=O)=O)CC2)cc1. The van der Waals surface area contributed by atoms with Gasteiger partial charge in [-0.05, 0) is 24.3 Å². The van der Waals surface area contributed by atoms with Crippen molar-refractivity contribution in [3.05, 3.63) is 24.3 Å². The van der Waals surface area contributed by atoms with Gasteiger partial charge in [-0.1, -0.05) is 0 Å². The maximum absolute atomic E-state index is 12.7. The average Bonchev–Trinajstić information content (AvgIpc) is 2.69. The number of sulfonamides is 1. The third-order valence-corrected chi connectivity index (χ3v) is 6.43. The van der Waals surface area contributed by atoms with Crippen molar-refractivity contribution in [1.82, 2.24) is 14.5 Å². The smallest absolute Gasteiger partial charge is 0.239 e. The molecule has 3 rings (SSSR count). The molecule has 0 spiro atoms. The first-order chi connectivity index (χ1) is 13.3. The van der Waals surface area contributed by atoms with Crippen LogP contribution in [-0.2, 0) is 19.6 Å². The molecule has 1 aromatic carbocycles. The molecule has 0 aliphatic carbocycles. The fraction of sp³-hybridized carbons (Fsp3) is 0.556. The number of anilines is 1. The van der Waals surface area contributed by atoms with Gasteiger partial charge in [0.25, 0.3) is 0 Å². The number of ether oxygens (including phenoxy) is 1. The van der Waals surface area contributed by atoms with Crippen molar-refractivity contribution in [3.8, 4) is 5.75 Å². The summed E-state index contributed by atoms with van der Waals surface area (Å²) in [6.45, 7) is 2.84. The van der Waals surface area contributed by atoms with Gasteiger partial charge in [-0.25, -0.2) is 8.42 Å². The van der Waals surface area contributed by atoms with Gasteiger partial charge in [0.1, 0.15) is 11.8 Å². The van der Waals surface area contributed by atoms with E-state index in [1.807, 2.05) is 24.3 Å². The van der Waals surface area contributed by atoms with Crippen LogP contribution < -0.4 is 15.0 Å². The molecule has 9 nitrogen and oxygen atoms in total. The second-order valence-electron chi connectivity index (χ2n) is 6.95. The Morgan fingerprint density at radius 3 is 2.36 bits per heavy atom. The minimum atomic E-state index is -3.55. The maximum Gasteiger partial charge on any atom is 0.239 e. The van der Waals surface area contributed by atoms with E-state index in [4.69, 9.17) is 4.74 Å². The van der Waals surface area contributed by atoms with Gasteiger partial charge in [-0.15, -0.1) is 0 Å². The van der Waals surface area contributed by atoms with Crippen LogP contribution >= 0.6 is 0 Å². The number of benzene rings is 1. The Kier molecular flexibility index (Phi) is 6.09. The van der Waals surface area contributed by atoms with Crippen molar-refractivity contribution in [2.24, 2.45) is 0 Å². The second-order valence-corrected chi connectivity index (χ2v) is 8.89. The average molecular weight is 410 g/mol. The number of hydrogen-bond donors (Lipinski definition) is 1. The number of carbonyl (C=O) groups excluding carboxylic acids is 2. The minimum absolute atomic E-state index is 0.137. The Hall–Kier alpha value is -2.33. The quantitative estimate of drug-likeness (QED) is 0.702. The van der Waals surface area contributed by atoms with Crippen LogP contribution in [0.15, 0.2) is 24.3 Å². The van der Waals surface area contributed by atoms with Crippen LogP contribution in [0.4, 0.5) is 5.69 Å². The van der Waals surface area contributed by atoms with E-state index in [0.29, 0.717) is 26.2 Å². The topological polar surface area (TPSA) is 99.3 Å². The third-order valence-electron chi connectivity index (χ3n) is 5.15. The summed E-state index contributed by atoms with van der Waals surface area (Å²) in [5.74, 6) is 0.172. The molecule has 0 radical (unpaired) electrons. The fourth-order valence-electron chi connectivity index (χ4n) is 3.59. The maximum atomic E-state index is 12.7. The Balaban J connectivity index is 1.59. The number of methoxy groups -OCH3 is 1. The summed E-state index contributed by atoms with van der Waals surface area (Å²) in [6.07, 6.45) is 0.929. The molecule has 2 heterocycles. The molecular formula is C18H26N4O5S. The van der Waals surface area contributed by atoms with Gasteiger partial charge in [-0.2, -0.15) is 4.31 Å². The molecule has 1 unspecified atom stereocenters. The Morgan fingerprint density at radius 1 is 1.14 bits per heavy atom. The molecule has 28 heavy (non-hydrogen) atoms. The zero-order valence-corrected chi connectivity index (χ0v) is 16.9. The van der Waals surface area contributed by atoms with E-state index in [1.165, 1.54) is 0 Å². The molecular weight excluding hydrogens is 384 g/mol. The van der Waals surface area contributed by atoms with Gasteiger partial charge in [0.2, 0.25) is 21.8 Å². The predicted molar refractivity (Wildman–Crippen MR) is 105 cm³/mol. The largest absolute Gasteiger partial charge is 0.497 e. The van der Waals surface area contributed by atoms with E-state index in [-0.39, 0.29) is 25.4 Å². The van der Waals surface area contributed by atoms with Crippen LogP contribution in [0.5, 0.6) is 5.75 Å². The Labute approximate surface area is 165 Å². The van der Waals surface area contributed by atoms with Gasteiger partial charge in [0.05, 0.1) is 19.8 Å². The number of nitrogens with zero attached hydrogens (tertiary/aromatic N) is 3. The van der Waals surface area contributed by atoms with E-state index >= 15 is 0 Å². The van der Waals surface area contributed by atoms with Crippen molar-refractivity contribution in [3.63, 3.8) is 0 Å². The molecule has 2 fully saturated rings. The third kappa shape index (κ3) is 4.56. The summed E-state index contributed by atoms with van der Waals surface area (Å²) in [7, 11) is -1.93. The van der Waals surface area contributed by atoms with Crippen LogP contribution in [-0.4, -0.2) is 88.1 Å². The highest BCUT2D eigenvalue weighted by atomic mass is 32.2. The fourth-order valence-corrected chi connectivity index (χ4v) is 4.64. The predicted octanol–water partition coefficient (Wildman–Crippen LogP) is -0.506. The van der Waals surface area contributed by atoms with Crippen LogP contribution in [0.25, 0.3) is 0 Å². The van der Waals surface area contributed by atoms with Crippen molar-refractivity contribution < 1.29 is 22.7 Å². The van der Waals surface area contributed by atoms with E-state index in [2.05, 4.69) is 10.2 Å². The van der Waals surface area contributed by atoms with Crippen molar-refractivity contribution >= 4 is 27.5 Å². The molecule has 1 aromatic rings. The molecule has 0 saturated carbocycles. The van der Waals surface area contributed by atoms with Gasteiger partial charge >= 0.3 is 0 Å². The summed E-state index contributed by atoms with van der Waals surface area (Å²) < 4.78 is 30.2. The summed E-state index contributed by atoms with van der Waals surface area (Å²) in [6, 6.07) is 6.78. The lowest BCUT2D eigenvalue weighted by molar-refractivity contribution is -0.137. The standard InChI is InChI=1S/C18H26N4O5S/c1-27-15-5-3-14(4-6-15)20-9-11-21(12-10-20)17(23)13-16-18(24)19-7-8-22(16)28(2,25)26/h3-6,16H,7-13H2,1-2H3,(H,19,24). The molecule has 1 atom stereocenters. The number of nitrogens with one attached hydrogen (secondary N) is 1. The molecule has 154 valence electrons. The summed E-state index contributed by atoms with van der Waals surface area (Å²) in [5, 5.41) is 2.65. The van der Waals surface area contributed by atoms with Crippen LogP contribution in [0, 0.1) is 0 Å². The first kappa shape index (κ1) is 20.4. The van der Waals surface area contributed by atoms with Crippen molar-refractivity contribution in [1.29, 1.82) is 0 Å². The highest BCUT2D eigenvalue weighted by Gasteiger charge is 2.38. The summed E-state index contributed by atoms with van der Waals surface area (Å²) >= 11 is 0. The van der Waals surface area contributed by atoms with Crippen LogP contribution in [0.3, 0.4) is 0 Å². The lowest BCUT2D eigenvalue weighted by Gasteiger charge is -2.38. The Morgan fingerprint density at radius 2 is 1.79 bits per heavy atom. The zero-order valence-electron chi connectivity index (χ0n) is 16.1. The molecule has 1 N–H and O–H groups in total. The van der Waals surface area contributed by atoms with E-state index in [0.717, 1.165) is 22.0 Å². The van der Waals surface area contributed by atoms with Gasteiger partial charge in [0.15, 0.2) is 0 Å². The first-order valence-corrected chi connectivity index (χ1v) is 11.1. The number of carbonyl (C=O) groups is 2. The summed E-state index contributed by atoms with van der Waals surface area (Å²) in [4.78, 5) is 28.7. The van der Waals surface area contributed by atoms with Gasteiger partial charge < -0.3 is 19.9 Å². The van der Waals surface area contributed by atoms with E-state index in [9.17, 15) is 18.0 Å². The monoisotopic (exact) mass is 410 g/mol. The number of hydrogen-bond acceptors (Lipinski definition) is 6. The van der Waals surface area contributed by atoms with Gasteiger partial charge in [0, 0.05) is 45.0 Å². The summed E-state index contributed by atoms with van der Waals surface area (Å²) in [5.41, 5.74) is 1.06. The second kappa shape index (κ2) is 8.36. The molecule has 0 bridgehead atoms. The molecule has 2 saturated heterocycles. The highest BCUT2D eigenvalue weighted by Crippen LogP contribution is 2.21. The van der Waals surface area contributed by atoms with E-state index in [1.54, 1.807) is 12.0 Å². The number of amides is 2. The van der Waals surface area contributed by atoms with Crippen molar-refractivity contribution in [2.45, 2.75) is 12.5 Å². The van der Waals surface area contributed by atoms with Crippen LogP contribution in [0.2, 0.25) is 0 Å². The van der Waals surface area contributed by atoms with E-state index < -0.39 is 22.0 Å². The van der Waals surface area contributed by atoms with Gasteiger partial charge in [-0.3, -0.25) is 9.59 Å². The lowest BCUT2D eigenvalue weighted by atomic mass is 10.1. The number of piperazine rings is 2. The van der Waals surface area contributed by atoms with Crippen LogP contribution in [0.1, 0.15) is 6.42 Å². The molecule has 2 aliphatic heterocycles.